The third-order valence-electron chi connectivity index (χ3n) is 7.94. The molecule has 8 heteroatoms. The Balaban J connectivity index is 1.53. The highest BCUT2D eigenvalue weighted by molar-refractivity contribution is 6.01. The van der Waals surface area contributed by atoms with Gasteiger partial charge in [-0.3, -0.25) is 9.59 Å². The second-order valence-electron chi connectivity index (χ2n) is 10.4. The minimum Gasteiger partial charge on any atom is -0.496 e. The highest BCUT2D eigenvalue weighted by Crippen LogP contribution is 2.35. The summed E-state index contributed by atoms with van der Waals surface area (Å²) >= 11 is 0. The van der Waals surface area contributed by atoms with Crippen molar-refractivity contribution in [2.75, 3.05) is 19.1 Å². The number of rotatable bonds is 8. The second-order valence-corrected chi connectivity index (χ2v) is 10.4. The summed E-state index contributed by atoms with van der Waals surface area (Å²) in [5.41, 5.74) is 6.01. The predicted octanol–water partition coefficient (Wildman–Crippen LogP) is 4.62. The van der Waals surface area contributed by atoms with Crippen molar-refractivity contribution in [1.29, 1.82) is 0 Å². The first-order chi connectivity index (χ1) is 19.3. The number of para-hydroxylation sites is 1. The molecule has 0 radical (unpaired) electrons. The van der Waals surface area contributed by atoms with Crippen LogP contribution in [0, 0.1) is 13.8 Å². The van der Waals surface area contributed by atoms with Gasteiger partial charge in [0.1, 0.15) is 17.6 Å². The van der Waals surface area contributed by atoms with Crippen LogP contribution in [-0.2, 0) is 29.0 Å². The molecule has 2 amide bonds. The first-order valence-electron chi connectivity index (χ1n) is 13.7. The van der Waals surface area contributed by atoms with Crippen molar-refractivity contribution in [2.24, 2.45) is 0 Å². The average molecular weight is 541 g/mol. The number of amides is 2. The fraction of sp³-hybridized carbons (Fsp3) is 0.344. The number of hydrogen-bond acceptors (Lipinski definition) is 6. The van der Waals surface area contributed by atoms with Gasteiger partial charge in [-0.15, -0.1) is 0 Å². The van der Waals surface area contributed by atoms with Crippen LogP contribution < -0.4 is 20.3 Å². The van der Waals surface area contributed by atoms with Crippen molar-refractivity contribution in [3.63, 3.8) is 0 Å². The van der Waals surface area contributed by atoms with Gasteiger partial charge in [0.2, 0.25) is 11.8 Å². The molecule has 5 rings (SSSR count). The first-order valence-corrected chi connectivity index (χ1v) is 13.7. The number of ether oxygens (including phenoxy) is 1. The lowest BCUT2D eigenvalue weighted by molar-refractivity contribution is -0.128. The molecule has 4 aromatic rings. The molecule has 8 nitrogen and oxygen atoms in total. The van der Waals surface area contributed by atoms with Crippen LogP contribution in [0.4, 0.5) is 5.69 Å². The van der Waals surface area contributed by atoms with E-state index in [4.69, 9.17) is 9.26 Å². The Morgan fingerprint density at radius 2 is 1.95 bits per heavy atom. The molecule has 0 aliphatic carbocycles. The topological polar surface area (TPSA) is 96.7 Å². The van der Waals surface area contributed by atoms with E-state index in [-0.39, 0.29) is 11.8 Å². The molecular weight excluding hydrogens is 504 g/mol. The average Bonchev–Trinajstić information content (AvgIpc) is 3.22. The Morgan fingerprint density at radius 3 is 2.67 bits per heavy atom. The van der Waals surface area contributed by atoms with Crippen LogP contribution in [0.2, 0.25) is 0 Å². The van der Waals surface area contributed by atoms with Crippen molar-refractivity contribution in [3.05, 3.63) is 88.3 Å². The number of carbonyl (C=O) groups is 2. The minimum absolute atomic E-state index is 0.129. The Bertz CT molecular complexity index is 1540. The molecular formula is C32H36N4O4. The summed E-state index contributed by atoms with van der Waals surface area (Å²) in [5, 5.41) is 12.1. The Labute approximate surface area is 234 Å². The highest BCUT2D eigenvalue weighted by atomic mass is 16.5. The predicted molar refractivity (Wildman–Crippen MR) is 156 cm³/mol. The monoisotopic (exact) mass is 540 g/mol. The molecule has 3 aromatic carbocycles. The van der Waals surface area contributed by atoms with Gasteiger partial charge < -0.3 is 24.8 Å². The van der Waals surface area contributed by atoms with E-state index in [1.807, 2.05) is 38.1 Å². The van der Waals surface area contributed by atoms with E-state index >= 15 is 0 Å². The van der Waals surface area contributed by atoms with E-state index in [9.17, 15) is 9.59 Å². The van der Waals surface area contributed by atoms with Gasteiger partial charge in [-0.1, -0.05) is 47.6 Å². The Kier molecular flexibility index (Phi) is 7.89. The van der Waals surface area contributed by atoms with Gasteiger partial charge in [-0.2, -0.15) is 0 Å². The molecule has 0 fully saturated rings. The summed E-state index contributed by atoms with van der Waals surface area (Å²) in [6.45, 7) is 5.99. The summed E-state index contributed by atoms with van der Waals surface area (Å²) in [6.07, 6.45) is 1.95. The van der Waals surface area contributed by atoms with Crippen LogP contribution in [0.5, 0.6) is 5.75 Å². The van der Waals surface area contributed by atoms with E-state index in [1.54, 1.807) is 26.0 Å². The van der Waals surface area contributed by atoms with Gasteiger partial charge >= 0.3 is 0 Å². The van der Waals surface area contributed by atoms with Gasteiger partial charge in [0.05, 0.1) is 25.4 Å². The lowest BCUT2D eigenvalue weighted by Gasteiger charge is -2.28. The molecule has 1 aliphatic rings. The van der Waals surface area contributed by atoms with Crippen molar-refractivity contribution < 1.29 is 18.8 Å². The minimum atomic E-state index is -0.627. The molecule has 1 aromatic heterocycles. The third-order valence-corrected chi connectivity index (χ3v) is 7.94. The molecule has 0 saturated carbocycles. The summed E-state index contributed by atoms with van der Waals surface area (Å²) in [5.74, 6) is 1.22. The standard InChI is InChI=1S/C32H36N4O4/c1-19-26(21(3)40-35-19)17-22-10-13-25-24(16-22)12-15-30(39-5)27(25)18-36-29-9-7-6-8-23(29)11-14-28(32(36)38)34-31(37)20(2)33-4/h6-10,12-13,15-16,20,28,33H,11,14,17-18H2,1-5H3,(H,34,37)/t20-,28-/m0/s1. The zero-order chi connectivity index (χ0) is 28.4. The fourth-order valence-corrected chi connectivity index (χ4v) is 5.45. The number of fused-ring (bicyclic) bond motifs is 2. The first kappa shape index (κ1) is 27.4. The highest BCUT2D eigenvalue weighted by Gasteiger charge is 2.33. The maximum atomic E-state index is 14.0. The van der Waals surface area contributed by atoms with Gasteiger partial charge in [-0.25, -0.2) is 0 Å². The number of hydrogen-bond donors (Lipinski definition) is 2. The van der Waals surface area contributed by atoms with Crippen LogP contribution in [0.25, 0.3) is 10.8 Å². The van der Waals surface area contributed by atoms with Gasteiger partial charge in [-0.05, 0) is 74.7 Å². The number of likely N-dealkylation sites (N-methyl/N-ethyl adjacent to an activating group) is 1. The second kappa shape index (κ2) is 11.5. The van der Waals surface area contributed by atoms with Crippen LogP contribution >= 0.6 is 0 Å². The van der Waals surface area contributed by atoms with Crippen molar-refractivity contribution in [3.8, 4) is 5.75 Å². The zero-order valence-electron chi connectivity index (χ0n) is 23.7. The summed E-state index contributed by atoms with van der Waals surface area (Å²) in [4.78, 5) is 28.6. The van der Waals surface area contributed by atoms with Crippen LogP contribution in [-0.4, -0.2) is 43.2 Å². The van der Waals surface area contributed by atoms with Gasteiger partial charge in [0.25, 0.3) is 0 Å². The number of carbonyl (C=O) groups excluding carboxylic acids is 2. The van der Waals surface area contributed by atoms with E-state index in [2.05, 4.69) is 46.1 Å². The van der Waals surface area contributed by atoms with Gasteiger partial charge in [0.15, 0.2) is 0 Å². The fourth-order valence-electron chi connectivity index (χ4n) is 5.45. The van der Waals surface area contributed by atoms with Crippen LogP contribution in [0.1, 0.15) is 47.1 Å². The third kappa shape index (κ3) is 5.31. The molecule has 2 atom stereocenters. The molecule has 2 N–H and O–H groups in total. The molecule has 2 heterocycles. The molecule has 208 valence electrons. The number of anilines is 1. The smallest absolute Gasteiger partial charge is 0.249 e. The Hall–Kier alpha value is -4.17. The lowest BCUT2D eigenvalue weighted by Crippen LogP contribution is -2.52. The molecule has 0 spiro atoms. The Morgan fingerprint density at radius 1 is 1.15 bits per heavy atom. The number of aryl methyl sites for hydroxylation is 3. The normalized spacial score (nSPS) is 16.0. The molecule has 0 unspecified atom stereocenters. The summed E-state index contributed by atoms with van der Waals surface area (Å²) < 4.78 is 11.2. The maximum Gasteiger partial charge on any atom is 0.249 e. The number of benzene rings is 3. The lowest BCUT2D eigenvalue weighted by atomic mass is 9.97. The molecule has 0 saturated heterocycles. The summed E-state index contributed by atoms with van der Waals surface area (Å²) in [6, 6.07) is 17.3. The molecule has 1 aliphatic heterocycles. The van der Waals surface area contributed by atoms with Crippen molar-refractivity contribution in [1.82, 2.24) is 15.8 Å². The largest absolute Gasteiger partial charge is 0.496 e. The number of nitrogens with one attached hydrogen (secondary N) is 2. The van der Waals surface area contributed by atoms with Crippen LogP contribution in [0.3, 0.4) is 0 Å². The van der Waals surface area contributed by atoms with Crippen molar-refractivity contribution >= 4 is 28.3 Å². The summed E-state index contributed by atoms with van der Waals surface area (Å²) in [7, 11) is 3.38. The molecule has 0 bridgehead atoms. The van der Waals surface area contributed by atoms with Crippen LogP contribution in [0.15, 0.2) is 59.1 Å². The van der Waals surface area contributed by atoms with Gasteiger partial charge in [0, 0.05) is 23.2 Å². The number of methoxy groups -OCH3 is 1. The van der Waals surface area contributed by atoms with E-state index in [1.165, 1.54) is 0 Å². The van der Waals surface area contributed by atoms with E-state index < -0.39 is 12.1 Å². The van der Waals surface area contributed by atoms with E-state index in [0.29, 0.717) is 25.1 Å². The molecule has 40 heavy (non-hydrogen) atoms. The maximum absolute atomic E-state index is 14.0. The zero-order valence-corrected chi connectivity index (χ0v) is 23.7. The number of nitrogens with zero attached hydrogens (tertiary/aromatic N) is 2. The quantitative estimate of drug-likeness (QED) is 0.339. The number of aromatic nitrogens is 1. The SMILES string of the molecule is CN[C@@H](C)C(=O)N[C@H]1CCc2ccccc2N(Cc2c(OC)ccc3cc(Cc4c(C)noc4C)ccc23)C1=O. The van der Waals surface area contributed by atoms with Crippen molar-refractivity contribution in [2.45, 2.75) is 58.7 Å². The van der Waals surface area contributed by atoms with E-state index in [0.717, 1.165) is 56.6 Å².